The summed E-state index contributed by atoms with van der Waals surface area (Å²) in [6.07, 6.45) is 0. The van der Waals surface area contributed by atoms with Gasteiger partial charge in [0, 0.05) is 5.69 Å². The lowest BCUT2D eigenvalue weighted by Crippen LogP contribution is -2.38. The molecule has 0 bridgehead atoms. The number of anilines is 2. The van der Waals surface area contributed by atoms with Crippen molar-refractivity contribution >= 4 is 27.3 Å². The lowest BCUT2D eigenvalue weighted by atomic mass is 10.1. The first-order chi connectivity index (χ1) is 15.1. The van der Waals surface area contributed by atoms with Gasteiger partial charge in [0.2, 0.25) is 5.91 Å². The molecule has 7 heteroatoms. The average Bonchev–Trinajstić information content (AvgIpc) is 2.73. The molecule has 0 spiro atoms. The van der Waals surface area contributed by atoms with Crippen molar-refractivity contribution in [3.63, 3.8) is 0 Å². The molecule has 6 nitrogen and oxygen atoms in total. The largest absolute Gasteiger partial charge is 0.495 e. The van der Waals surface area contributed by atoms with Crippen LogP contribution in [0.25, 0.3) is 0 Å². The third kappa shape index (κ3) is 5.11. The fourth-order valence-electron chi connectivity index (χ4n) is 3.55. The van der Waals surface area contributed by atoms with Crippen molar-refractivity contribution in [1.29, 1.82) is 0 Å². The highest BCUT2D eigenvalue weighted by molar-refractivity contribution is 7.93. The van der Waals surface area contributed by atoms with E-state index >= 15 is 0 Å². The van der Waals surface area contributed by atoms with Crippen molar-refractivity contribution in [3.8, 4) is 5.75 Å². The average molecular weight is 453 g/mol. The van der Waals surface area contributed by atoms with Crippen LogP contribution in [-0.2, 0) is 14.8 Å². The molecule has 1 N–H and O–H groups in total. The molecule has 3 rings (SSSR count). The highest BCUT2D eigenvalue weighted by atomic mass is 32.2. The van der Waals surface area contributed by atoms with Gasteiger partial charge < -0.3 is 10.1 Å². The summed E-state index contributed by atoms with van der Waals surface area (Å²) in [4.78, 5) is 13.0. The minimum atomic E-state index is -4.10. The van der Waals surface area contributed by atoms with E-state index in [2.05, 4.69) is 5.32 Å². The van der Waals surface area contributed by atoms with E-state index in [1.165, 1.54) is 7.11 Å². The first-order valence-electron chi connectivity index (χ1n) is 10.2. The molecule has 0 aromatic heterocycles. The Bertz CT molecular complexity index is 1230. The van der Waals surface area contributed by atoms with Gasteiger partial charge in [-0.2, -0.15) is 0 Å². The molecule has 0 radical (unpaired) electrons. The summed E-state index contributed by atoms with van der Waals surface area (Å²) in [5, 5.41) is 2.83. The zero-order chi connectivity index (χ0) is 23.5. The highest BCUT2D eigenvalue weighted by Gasteiger charge is 2.30. The number of hydrogen-bond donors (Lipinski definition) is 1. The fraction of sp³-hybridized carbons (Fsp3) is 0.240. The van der Waals surface area contributed by atoms with E-state index in [9.17, 15) is 13.2 Å². The van der Waals surface area contributed by atoms with E-state index in [0.717, 1.165) is 26.6 Å². The molecule has 0 aliphatic rings. The zero-order valence-corrected chi connectivity index (χ0v) is 19.8. The number of hydrogen-bond acceptors (Lipinski definition) is 4. The van der Waals surface area contributed by atoms with Crippen molar-refractivity contribution in [2.24, 2.45) is 0 Å². The minimum absolute atomic E-state index is 0.0165. The smallest absolute Gasteiger partial charge is 0.268 e. The molecule has 168 valence electrons. The monoisotopic (exact) mass is 452 g/mol. The first-order valence-corrected chi connectivity index (χ1v) is 11.7. The molecule has 0 fully saturated rings. The highest BCUT2D eigenvalue weighted by Crippen LogP contribution is 2.32. The number of amides is 1. The second-order valence-corrected chi connectivity index (χ2v) is 9.71. The summed E-state index contributed by atoms with van der Waals surface area (Å²) in [6.45, 7) is 7.09. The summed E-state index contributed by atoms with van der Waals surface area (Å²) in [5.41, 5.74) is 4.52. The van der Waals surface area contributed by atoms with Gasteiger partial charge in [-0.25, -0.2) is 8.42 Å². The second-order valence-electron chi connectivity index (χ2n) is 7.88. The predicted octanol–water partition coefficient (Wildman–Crippen LogP) is 4.76. The molecular weight excluding hydrogens is 424 g/mol. The van der Waals surface area contributed by atoms with E-state index in [-0.39, 0.29) is 17.2 Å². The quantitative estimate of drug-likeness (QED) is 0.561. The number of carbonyl (C=O) groups excluding carboxylic acids is 1. The van der Waals surface area contributed by atoms with Gasteiger partial charge in [0.1, 0.15) is 17.2 Å². The van der Waals surface area contributed by atoms with Crippen LogP contribution >= 0.6 is 0 Å². The van der Waals surface area contributed by atoms with Crippen LogP contribution in [0.5, 0.6) is 5.75 Å². The summed E-state index contributed by atoms with van der Waals surface area (Å²) < 4.78 is 34.1. The Hall–Kier alpha value is -3.32. The van der Waals surface area contributed by atoms with Crippen LogP contribution < -0.4 is 14.4 Å². The topological polar surface area (TPSA) is 75.7 Å². The molecule has 0 heterocycles. The standard InChI is InChI=1S/C25H28N2O4S/c1-17-10-11-23(31-5)24(15-17)32(29,30)27(21-13-18(2)12-19(3)14-21)16-25(28)26-22-9-7-6-8-20(22)4/h6-15H,16H2,1-5H3,(H,26,28). The molecule has 0 aliphatic heterocycles. The van der Waals surface area contributed by atoms with Crippen LogP contribution in [0.4, 0.5) is 11.4 Å². The van der Waals surface area contributed by atoms with E-state index < -0.39 is 15.9 Å². The van der Waals surface area contributed by atoms with Crippen LogP contribution in [0.2, 0.25) is 0 Å². The SMILES string of the molecule is COc1ccc(C)cc1S(=O)(=O)N(CC(=O)Nc1ccccc1C)c1cc(C)cc(C)c1. The number of rotatable bonds is 7. The lowest BCUT2D eigenvalue weighted by Gasteiger charge is -2.26. The number of benzene rings is 3. The maximum absolute atomic E-state index is 13.8. The number of carbonyl (C=O) groups is 1. The number of methoxy groups -OCH3 is 1. The third-order valence-electron chi connectivity index (χ3n) is 5.09. The Labute approximate surface area is 189 Å². The van der Waals surface area contributed by atoms with Gasteiger partial charge in [0.25, 0.3) is 10.0 Å². The number of ether oxygens (including phenoxy) is 1. The van der Waals surface area contributed by atoms with Gasteiger partial charge >= 0.3 is 0 Å². The van der Waals surface area contributed by atoms with E-state index in [4.69, 9.17) is 4.74 Å². The van der Waals surface area contributed by atoms with Crippen LogP contribution in [0.3, 0.4) is 0 Å². The predicted molar refractivity (Wildman–Crippen MR) is 128 cm³/mol. The van der Waals surface area contributed by atoms with E-state index in [0.29, 0.717) is 11.4 Å². The van der Waals surface area contributed by atoms with Gasteiger partial charge in [0.15, 0.2) is 0 Å². The van der Waals surface area contributed by atoms with Gasteiger partial charge in [-0.3, -0.25) is 9.10 Å². The van der Waals surface area contributed by atoms with Crippen molar-refractivity contribution < 1.29 is 17.9 Å². The first kappa shape index (κ1) is 23.3. The van der Waals surface area contributed by atoms with Gasteiger partial charge in [-0.15, -0.1) is 0 Å². The van der Waals surface area contributed by atoms with Crippen LogP contribution in [-0.4, -0.2) is 28.0 Å². The van der Waals surface area contributed by atoms with Gasteiger partial charge in [-0.05, 0) is 80.3 Å². The van der Waals surface area contributed by atoms with Crippen LogP contribution in [0, 0.1) is 27.7 Å². The fourth-order valence-corrected chi connectivity index (χ4v) is 5.20. The Morgan fingerprint density at radius 2 is 1.56 bits per heavy atom. The number of para-hydroxylation sites is 1. The Morgan fingerprint density at radius 1 is 0.906 bits per heavy atom. The zero-order valence-electron chi connectivity index (χ0n) is 19.0. The normalized spacial score (nSPS) is 11.2. The van der Waals surface area contributed by atoms with Crippen LogP contribution in [0.15, 0.2) is 65.6 Å². The van der Waals surface area contributed by atoms with Crippen molar-refractivity contribution in [2.45, 2.75) is 32.6 Å². The molecule has 0 aliphatic carbocycles. The number of nitrogens with zero attached hydrogens (tertiary/aromatic N) is 1. The van der Waals surface area contributed by atoms with E-state index in [1.807, 2.05) is 52.0 Å². The summed E-state index contributed by atoms with van der Waals surface area (Å²) in [5.74, 6) is -0.210. The summed E-state index contributed by atoms with van der Waals surface area (Å²) >= 11 is 0. The Kier molecular flexibility index (Phi) is 6.89. The molecular formula is C25H28N2O4S. The Balaban J connectivity index is 2.08. The molecule has 0 unspecified atom stereocenters. The molecule has 1 amide bonds. The summed E-state index contributed by atoms with van der Waals surface area (Å²) in [7, 11) is -2.68. The van der Waals surface area contributed by atoms with Gasteiger partial charge in [0.05, 0.1) is 12.8 Å². The third-order valence-corrected chi connectivity index (χ3v) is 6.88. The van der Waals surface area contributed by atoms with Crippen molar-refractivity contribution in [3.05, 3.63) is 82.9 Å². The number of aryl methyl sites for hydroxylation is 4. The molecule has 32 heavy (non-hydrogen) atoms. The molecule has 0 saturated carbocycles. The maximum Gasteiger partial charge on any atom is 0.268 e. The molecule has 3 aromatic rings. The second kappa shape index (κ2) is 9.44. The van der Waals surface area contributed by atoms with Gasteiger partial charge in [-0.1, -0.05) is 30.3 Å². The van der Waals surface area contributed by atoms with E-state index in [1.54, 1.807) is 36.4 Å². The molecule has 0 saturated heterocycles. The minimum Gasteiger partial charge on any atom is -0.495 e. The lowest BCUT2D eigenvalue weighted by molar-refractivity contribution is -0.114. The number of nitrogens with one attached hydrogen (secondary N) is 1. The molecule has 0 atom stereocenters. The Morgan fingerprint density at radius 3 is 2.19 bits per heavy atom. The number of sulfonamides is 1. The summed E-state index contributed by atoms with van der Waals surface area (Å²) in [6, 6.07) is 17.8. The van der Waals surface area contributed by atoms with Crippen molar-refractivity contribution in [2.75, 3.05) is 23.3 Å². The van der Waals surface area contributed by atoms with Crippen LogP contribution in [0.1, 0.15) is 22.3 Å². The molecule has 3 aromatic carbocycles. The maximum atomic E-state index is 13.8. The van der Waals surface area contributed by atoms with Crippen molar-refractivity contribution in [1.82, 2.24) is 0 Å².